The van der Waals surface area contributed by atoms with Crippen LogP contribution in [0.15, 0.2) is 24.3 Å². The van der Waals surface area contributed by atoms with E-state index >= 15 is 0 Å². The minimum absolute atomic E-state index is 0.116. The Bertz CT molecular complexity index is 379. The molecule has 1 fully saturated rings. The zero-order valence-corrected chi connectivity index (χ0v) is 12.4. The number of hydrogen-bond donors (Lipinski definition) is 1. The molecule has 0 aliphatic heterocycles. The molecule has 0 saturated heterocycles. The van der Waals surface area contributed by atoms with Gasteiger partial charge in [0.15, 0.2) is 0 Å². The molecule has 2 atom stereocenters. The summed E-state index contributed by atoms with van der Waals surface area (Å²) in [6, 6.07) is 8.02. The van der Waals surface area contributed by atoms with E-state index in [0.717, 1.165) is 31.0 Å². The quantitative estimate of drug-likeness (QED) is 0.851. The van der Waals surface area contributed by atoms with Gasteiger partial charge in [-0.3, -0.25) is 0 Å². The summed E-state index contributed by atoms with van der Waals surface area (Å²) in [6.45, 7) is 1.89. The van der Waals surface area contributed by atoms with Gasteiger partial charge >= 0.3 is 0 Å². The third-order valence-corrected chi connectivity index (χ3v) is 4.28. The summed E-state index contributed by atoms with van der Waals surface area (Å²) in [5.41, 5.74) is 1.27. The lowest BCUT2D eigenvalue weighted by Crippen LogP contribution is -2.32. The number of hydrogen-bond acceptors (Lipinski definition) is 2. The summed E-state index contributed by atoms with van der Waals surface area (Å²) < 4.78 is 0. The maximum atomic E-state index is 10.2. The van der Waals surface area contributed by atoms with Crippen molar-refractivity contribution in [2.24, 2.45) is 5.92 Å². The Morgan fingerprint density at radius 3 is 2.58 bits per heavy atom. The van der Waals surface area contributed by atoms with Gasteiger partial charge in [0, 0.05) is 18.1 Å². The maximum Gasteiger partial charge on any atom is 0.0580 e. The Balaban J connectivity index is 1.85. The van der Waals surface area contributed by atoms with Crippen molar-refractivity contribution in [2.45, 2.75) is 44.8 Å². The van der Waals surface area contributed by atoms with E-state index in [0.29, 0.717) is 5.92 Å². The Kier molecular flexibility index (Phi) is 5.68. The first kappa shape index (κ1) is 14.8. The molecule has 0 spiro atoms. The van der Waals surface area contributed by atoms with Crippen molar-refractivity contribution in [1.29, 1.82) is 0 Å². The fourth-order valence-electron chi connectivity index (χ4n) is 2.94. The number of aliphatic hydroxyl groups is 1. The predicted octanol–water partition coefficient (Wildman–Crippen LogP) is 3.71. The van der Waals surface area contributed by atoms with Crippen molar-refractivity contribution in [3.63, 3.8) is 0 Å². The van der Waals surface area contributed by atoms with Crippen LogP contribution in [0, 0.1) is 5.92 Å². The van der Waals surface area contributed by atoms with Gasteiger partial charge < -0.3 is 10.0 Å². The largest absolute Gasteiger partial charge is 0.393 e. The van der Waals surface area contributed by atoms with E-state index in [2.05, 4.69) is 24.1 Å². The topological polar surface area (TPSA) is 23.5 Å². The molecule has 106 valence electrons. The standard InChI is InChI=1S/C16H24ClNO/c1-18(11-13-7-9-15(17)10-8-13)12-14-5-3-2-4-6-16(14)19/h7-10,14,16,19H,2-6,11-12H2,1H3. The van der Waals surface area contributed by atoms with Gasteiger partial charge in [0.1, 0.15) is 0 Å². The van der Waals surface area contributed by atoms with Crippen LogP contribution in [0.3, 0.4) is 0 Å². The second-order valence-corrected chi connectivity index (χ2v) is 6.23. The maximum absolute atomic E-state index is 10.2. The van der Waals surface area contributed by atoms with E-state index in [1.54, 1.807) is 0 Å². The Hall–Kier alpha value is -0.570. The second-order valence-electron chi connectivity index (χ2n) is 5.79. The van der Waals surface area contributed by atoms with Crippen molar-refractivity contribution >= 4 is 11.6 Å². The predicted molar refractivity (Wildman–Crippen MR) is 80.4 cm³/mol. The molecule has 1 aliphatic rings. The second kappa shape index (κ2) is 7.28. The molecule has 2 unspecified atom stereocenters. The smallest absolute Gasteiger partial charge is 0.0580 e. The van der Waals surface area contributed by atoms with Crippen LogP contribution in [0.1, 0.15) is 37.7 Å². The number of aliphatic hydroxyl groups excluding tert-OH is 1. The Labute approximate surface area is 121 Å². The number of halogens is 1. The van der Waals surface area contributed by atoms with Crippen molar-refractivity contribution < 1.29 is 5.11 Å². The fourth-order valence-corrected chi connectivity index (χ4v) is 3.07. The average molecular weight is 282 g/mol. The van der Waals surface area contributed by atoms with Crippen LogP contribution < -0.4 is 0 Å². The third-order valence-electron chi connectivity index (χ3n) is 4.03. The summed E-state index contributed by atoms with van der Waals surface area (Å²) >= 11 is 5.89. The molecule has 1 aromatic rings. The zero-order chi connectivity index (χ0) is 13.7. The first-order valence-electron chi connectivity index (χ1n) is 7.26. The average Bonchev–Trinajstić information content (AvgIpc) is 2.58. The lowest BCUT2D eigenvalue weighted by Gasteiger charge is -2.26. The van der Waals surface area contributed by atoms with Crippen LogP contribution in [-0.4, -0.2) is 29.7 Å². The first-order chi connectivity index (χ1) is 9.15. The molecule has 0 radical (unpaired) electrons. The van der Waals surface area contributed by atoms with Gasteiger partial charge in [-0.25, -0.2) is 0 Å². The van der Waals surface area contributed by atoms with Crippen molar-refractivity contribution in [1.82, 2.24) is 4.90 Å². The van der Waals surface area contributed by atoms with Crippen molar-refractivity contribution in [2.75, 3.05) is 13.6 Å². The highest BCUT2D eigenvalue weighted by Crippen LogP contribution is 2.24. The minimum Gasteiger partial charge on any atom is -0.393 e. The highest BCUT2D eigenvalue weighted by atomic mass is 35.5. The summed E-state index contributed by atoms with van der Waals surface area (Å²) in [5.74, 6) is 0.430. The van der Waals surface area contributed by atoms with E-state index in [-0.39, 0.29) is 6.10 Å². The van der Waals surface area contributed by atoms with E-state index in [1.807, 2.05) is 12.1 Å². The molecule has 1 aromatic carbocycles. The Morgan fingerprint density at radius 2 is 1.84 bits per heavy atom. The molecule has 1 aliphatic carbocycles. The normalized spacial score (nSPS) is 24.4. The number of benzene rings is 1. The van der Waals surface area contributed by atoms with Crippen LogP contribution in [0.4, 0.5) is 0 Å². The molecule has 2 rings (SSSR count). The van der Waals surface area contributed by atoms with E-state index in [4.69, 9.17) is 11.6 Å². The van der Waals surface area contributed by atoms with E-state index < -0.39 is 0 Å². The molecule has 0 heterocycles. The minimum atomic E-state index is -0.116. The van der Waals surface area contributed by atoms with Gasteiger partial charge in [-0.2, -0.15) is 0 Å². The molecule has 0 bridgehead atoms. The van der Waals surface area contributed by atoms with E-state index in [9.17, 15) is 5.11 Å². The Morgan fingerprint density at radius 1 is 1.16 bits per heavy atom. The van der Waals surface area contributed by atoms with Gasteiger partial charge in [0.2, 0.25) is 0 Å². The SMILES string of the molecule is CN(Cc1ccc(Cl)cc1)CC1CCCCCC1O. The molecule has 1 saturated carbocycles. The molecule has 1 N–H and O–H groups in total. The highest BCUT2D eigenvalue weighted by molar-refractivity contribution is 6.30. The van der Waals surface area contributed by atoms with Crippen LogP contribution in [-0.2, 0) is 6.54 Å². The molecule has 2 nitrogen and oxygen atoms in total. The molecule has 3 heteroatoms. The molecular weight excluding hydrogens is 258 g/mol. The monoisotopic (exact) mass is 281 g/mol. The molecular formula is C16H24ClNO. The van der Waals surface area contributed by atoms with Gasteiger partial charge in [0.05, 0.1) is 6.10 Å². The molecule has 19 heavy (non-hydrogen) atoms. The van der Waals surface area contributed by atoms with Crippen molar-refractivity contribution in [3.05, 3.63) is 34.9 Å². The lowest BCUT2D eigenvalue weighted by atomic mass is 9.96. The third kappa shape index (κ3) is 4.79. The van der Waals surface area contributed by atoms with Gasteiger partial charge in [-0.05, 0) is 43.5 Å². The van der Waals surface area contributed by atoms with Crippen molar-refractivity contribution in [3.8, 4) is 0 Å². The number of nitrogens with zero attached hydrogens (tertiary/aromatic N) is 1. The summed E-state index contributed by atoms with van der Waals surface area (Å²) in [5, 5.41) is 10.9. The summed E-state index contributed by atoms with van der Waals surface area (Å²) in [4.78, 5) is 2.31. The number of rotatable bonds is 4. The van der Waals surface area contributed by atoms with Crippen LogP contribution >= 0.6 is 11.6 Å². The fraction of sp³-hybridized carbons (Fsp3) is 0.625. The van der Waals surface area contributed by atoms with E-state index in [1.165, 1.54) is 24.8 Å². The van der Waals surface area contributed by atoms with Crippen LogP contribution in [0.25, 0.3) is 0 Å². The highest BCUT2D eigenvalue weighted by Gasteiger charge is 2.22. The van der Waals surface area contributed by atoms with Gasteiger partial charge in [-0.15, -0.1) is 0 Å². The van der Waals surface area contributed by atoms with Gasteiger partial charge in [0.25, 0.3) is 0 Å². The summed E-state index contributed by atoms with van der Waals surface area (Å²) in [7, 11) is 2.13. The van der Waals surface area contributed by atoms with Crippen LogP contribution in [0.2, 0.25) is 5.02 Å². The zero-order valence-electron chi connectivity index (χ0n) is 11.7. The van der Waals surface area contributed by atoms with Gasteiger partial charge in [-0.1, -0.05) is 43.0 Å². The lowest BCUT2D eigenvalue weighted by molar-refractivity contribution is 0.0780. The molecule has 0 aromatic heterocycles. The summed E-state index contributed by atoms with van der Waals surface area (Å²) in [6.07, 6.45) is 5.73. The molecule has 0 amide bonds. The first-order valence-corrected chi connectivity index (χ1v) is 7.64. The van der Waals surface area contributed by atoms with Crippen LogP contribution in [0.5, 0.6) is 0 Å².